The Bertz CT molecular complexity index is 570. The summed E-state index contributed by atoms with van der Waals surface area (Å²) in [5, 5.41) is 2.24. The molecule has 0 amide bonds. The predicted octanol–water partition coefficient (Wildman–Crippen LogP) is 1.79. The largest absolute Gasteiger partial charge is 0.386 e. The van der Waals surface area contributed by atoms with E-state index in [0.717, 1.165) is 11.3 Å². The fourth-order valence-corrected chi connectivity index (χ4v) is 2.71. The molecule has 0 atom stereocenters. The molecule has 0 radical (unpaired) electrons. The van der Waals surface area contributed by atoms with Gasteiger partial charge in [0.1, 0.15) is 6.26 Å². The maximum atomic E-state index is 11.8. The van der Waals surface area contributed by atoms with Crippen molar-refractivity contribution in [3.05, 3.63) is 31.7 Å². The molecule has 0 aliphatic carbocycles. The smallest absolute Gasteiger partial charge is 0.285 e. The van der Waals surface area contributed by atoms with Gasteiger partial charge < -0.3 is 4.52 Å². The van der Waals surface area contributed by atoms with Gasteiger partial charge in [-0.3, -0.25) is 9.59 Å². The van der Waals surface area contributed by atoms with Crippen LogP contribution in [0, 0.1) is 0 Å². The van der Waals surface area contributed by atoms with E-state index >= 15 is 0 Å². The molecule has 0 aromatic carbocycles. The Morgan fingerprint density at radius 3 is 2.60 bits per heavy atom. The molecule has 0 aromatic heterocycles. The molecule has 4 nitrogen and oxygen atoms in total. The van der Waals surface area contributed by atoms with Crippen molar-refractivity contribution in [3.63, 3.8) is 0 Å². The van der Waals surface area contributed by atoms with Gasteiger partial charge in [0.15, 0.2) is 0 Å². The molecule has 2 aliphatic rings. The van der Waals surface area contributed by atoms with Gasteiger partial charge in [0, 0.05) is 5.56 Å². The summed E-state index contributed by atoms with van der Waals surface area (Å²) in [6, 6.07) is 0. The van der Waals surface area contributed by atoms with Crippen molar-refractivity contribution >= 4 is 11.3 Å². The lowest BCUT2D eigenvalue weighted by atomic mass is 9.86. The van der Waals surface area contributed by atoms with Crippen LogP contribution in [0.15, 0.2) is 20.4 Å². The molecule has 80 valence electrons. The number of fused-ring (bicyclic) bond motifs is 1. The average Bonchev–Trinajstić information content (AvgIpc) is 2.41. The number of hydrogen-bond donors (Lipinski definition) is 1. The Morgan fingerprint density at radius 2 is 2.00 bits per heavy atom. The normalized spacial score (nSPS) is 12.2. The molecule has 2 rings (SSSR count). The highest BCUT2D eigenvalue weighted by Crippen LogP contribution is 2.32. The van der Waals surface area contributed by atoms with Crippen LogP contribution in [0.5, 0.6) is 0 Å². The van der Waals surface area contributed by atoms with E-state index in [9.17, 15) is 9.59 Å². The quantitative estimate of drug-likeness (QED) is 0.743. The van der Waals surface area contributed by atoms with E-state index in [1.807, 2.05) is 20.8 Å². The zero-order valence-corrected chi connectivity index (χ0v) is 9.53. The Kier molecular flexibility index (Phi) is 2.08. The summed E-state index contributed by atoms with van der Waals surface area (Å²) in [5.74, 6) is 0. The highest BCUT2D eigenvalue weighted by Gasteiger charge is 2.28. The fourth-order valence-electron chi connectivity index (χ4n) is 1.60. The number of aromatic nitrogens is 1. The van der Waals surface area contributed by atoms with Crippen molar-refractivity contribution in [2.24, 2.45) is 0 Å². The summed E-state index contributed by atoms with van der Waals surface area (Å²) in [7, 11) is 0. The van der Waals surface area contributed by atoms with Crippen molar-refractivity contribution in [2.45, 2.75) is 26.2 Å². The number of thiophene rings is 1. The van der Waals surface area contributed by atoms with Crippen molar-refractivity contribution in [3.8, 4) is 10.4 Å². The SMILES string of the molecule is CC(C)(C)c1c2c(=O)[nH]occ-2sc1=O. The number of hydrogen-bond acceptors (Lipinski definition) is 4. The van der Waals surface area contributed by atoms with Crippen LogP contribution < -0.4 is 10.3 Å². The molecule has 0 bridgehead atoms. The summed E-state index contributed by atoms with van der Waals surface area (Å²) in [5.41, 5.74) is 0.364. The third-order valence-electron chi connectivity index (χ3n) is 2.20. The molecular weight excluding hydrogens is 214 g/mol. The van der Waals surface area contributed by atoms with Crippen molar-refractivity contribution in [2.75, 3.05) is 0 Å². The molecule has 0 fully saturated rings. The van der Waals surface area contributed by atoms with Crippen LogP contribution >= 0.6 is 11.3 Å². The zero-order chi connectivity index (χ0) is 11.2. The van der Waals surface area contributed by atoms with Crippen LogP contribution in [0.4, 0.5) is 0 Å². The minimum atomic E-state index is -0.337. The van der Waals surface area contributed by atoms with E-state index < -0.39 is 0 Å². The molecule has 1 N–H and O–H groups in total. The summed E-state index contributed by atoms with van der Waals surface area (Å²) in [4.78, 5) is 23.9. The van der Waals surface area contributed by atoms with E-state index in [4.69, 9.17) is 4.52 Å². The fraction of sp³-hybridized carbons (Fsp3) is 0.400. The summed E-state index contributed by atoms with van der Waals surface area (Å²) < 4.78 is 4.67. The summed E-state index contributed by atoms with van der Waals surface area (Å²) in [6.07, 6.45) is 1.40. The van der Waals surface area contributed by atoms with Gasteiger partial charge in [0.2, 0.25) is 4.74 Å². The first kappa shape index (κ1) is 10.2. The maximum absolute atomic E-state index is 11.8. The second-order valence-electron chi connectivity index (χ2n) is 4.42. The van der Waals surface area contributed by atoms with Gasteiger partial charge in [0.05, 0.1) is 10.4 Å². The highest BCUT2D eigenvalue weighted by atomic mass is 32.1. The Labute approximate surface area is 89.9 Å². The van der Waals surface area contributed by atoms with Crippen molar-refractivity contribution in [1.82, 2.24) is 5.16 Å². The van der Waals surface area contributed by atoms with Gasteiger partial charge >= 0.3 is 0 Å². The van der Waals surface area contributed by atoms with Gasteiger partial charge in [-0.1, -0.05) is 32.1 Å². The van der Waals surface area contributed by atoms with Gasteiger partial charge in [-0.25, -0.2) is 0 Å². The van der Waals surface area contributed by atoms with Crippen molar-refractivity contribution in [1.29, 1.82) is 0 Å². The van der Waals surface area contributed by atoms with Crippen LogP contribution in [-0.4, -0.2) is 5.16 Å². The number of H-pyrrole nitrogens is 1. The molecule has 0 spiro atoms. The lowest BCUT2D eigenvalue weighted by molar-refractivity contribution is 0.392. The number of rotatable bonds is 0. The third-order valence-corrected chi connectivity index (χ3v) is 3.11. The lowest BCUT2D eigenvalue weighted by Crippen LogP contribution is -2.22. The molecule has 2 heterocycles. The van der Waals surface area contributed by atoms with E-state index in [2.05, 4.69) is 5.16 Å². The second-order valence-corrected chi connectivity index (χ2v) is 5.44. The van der Waals surface area contributed by atoms with Crippen LogP contribution in [0.3, 0.4) is 0 Å². The maximum Gasteiger partial charge on any atom is 0.285 e. The van der Waals surface area contributed by atoms with Gasteiger partial charge in [0.25, 0.3) is 5.56 Å². The first-order valence-corrected chi connectivity index (χ1v) is 5.36. The van der Waals surface area contributed by atoms with Gasteiger partial charge in [-0.05, 0) is 5.41 Å². The van der Waals surface area contributed by atoms with Crippen LogP contribution in [0.1, 0.15) is 26.3 Å². The van der Waals surface area contributed by atoms with E-state index in [-0.39, 0.29) is 15.7 Å². The second kappa shape index (κ2) is 3.06. The topological polar surface area (TPSA) is 63.1 Å². The lowest BCUT2D eigenvalue weighted by Gasteiger charge is -2.16. The first-order chi connectivity index (χ1) is 6.91. The average molecular weight is 225 g/mol. The molecule has 15 heavy (non-hydrogen) atoms. The number of nitrogens with one attached hydrogen (secondary N) is 1. The summed E-state index contributed by atoms with van der Waals surface area (Å²) in [6.45, 7) is 5.75. The Balaban J connectivity index is 2.93. The number of aromatic amines is 1. The highest BCUT2D eigenvalue weighted by molar-refractivity contribution is 7.13. The molecule has 2 aliphatic heterocycles. The minimum absolute atomic E-state index is 0.0654. The van der Waals surface area contributed by atoms with E-state index in [1.54, 1.807) is 0 Å². The standard InChI is InChI=1S/C10H11NO3S/c1-10(2,3)7-6-5(15-9(7)13)4-14-11-8(6)12/h4H,1-3H3,(H,11,12). The minimum Gasteiger partial charge on any atom is -0.386 e. The van der Waals surface area contributed by atoms with Crippen molar-refractivity contribution < 1.29 is 4.52 Å². The summed E-state index contributed by atoms with van der Waals surface area (Å²) >= 11 is 1.05. The van der Waals surface area contributed by atoms with Gasteiger partial charge in [-0.15, -0.1) is 0 Å². The molecular formula is C10H11NO3S. The predicted molar refractivity (Wildman–Crippen MR) is 58.8 cm³/mol. The third kappa shape index (κ3) is 1.52. The monoisotopic (exact) mass is 225 g/mol. The molecule has 0 aromatic rings. The molecule has 0 saturated heterocycles. The Hall–Kier alpha value is -1.36. The van der Waals surface area contributed by atoms with Crippen LogP contribution in [0.2, 0.25) is 0 Å². The molecule has 0 saturated carbocycles. The first-order valence-electron chi connectivity index (χ1n) is 4.54. The molecule has 0 unspecified atom stereocenters. The van der Waals surface area contributed by atoms with E-state index in [1.165, 1.54) is 6.26 Å². The van der Waals surface area contributed by atoms with E-state index in [0.29, 0.717) is 16.0 Å². The molecule has 5 heteroatoms. The van der Waals surface area contributed by atoms with Crippen LogP contribution in [0.25, 0.3) is 10.4 Å². The van der Waals surface area contributed by atoms with Crippen LogP contribution in [-0.2, 0) is 5.41 Å². The zero-order valence-electron chi connectivity index (χ0n) is 8.71. The van der Waals surface area contributed by atoms with Gasteiger partial charge in [-0.2, -0.15) is 5.16 Å². The Morgan fingerprint density at radius 1 is 1.33 bits per heavy atom.